The topological polar surface area (TPSA) is 75.4 Å². The highest BCUT2D eigenvalue weighted by Gasteiger charge is 2.18. The molecule has 1 N–H and O–H groups in total. The maximum atomic E-state index is 12.6. The number of likely N-dealkylation sites (N-methyl/N-ethyl adjacent to an activating group) is 1. The Bertz CT molecular complexity index is 935. The van der Waals surface area contributed by atoms with E-state index in [0.29, 0.717) is 17.5 Å². The third kappa shape index (κ3) is 4.31. The zero-order valence-electron chi connectivity index (χ0n) is 16.2. The molecule has 27 heavy (non-hydrogen) atoms. The molecule has 3 heterocycles. The van der Waals surface area contributed by atoms with Gasteiger partial charge in [-0.2, -0.15) is 16.3 Å². The first-order valence-electron chi connectivity index (χ1n) is 8.62. The van der Waals surface area contributed by atoms with Gasteiger partial charge in [-0.1, -0.05) is 11.8 Å². The highest BCUT2D eigenvalue weighted by Crippen LogP contribution is 2.20. The molecule has 0 radical (unpaired) electrons. The summed E-state index contributed by atoms with van der Waals surface area (Å²) in [6.07, 6.45) is 2.21. The third-order valence-electron chi connectivity index (χ3n) is 4.59. The number of fused-ring (bicyclic) bond motifs is 1. The van der Waals surface area contributed by atoms with Crippen LogP contribution in [0.1, 0.15) is 28.6 Å². The van der Waals surface area contributed by atoms with Crippen LogP contribution in [-0.4, -0.2) is 57.3 Å². The van der Waals surface area contributed by atoms with Crippen molar-refractivity contribution < 1.29 is 4.79 Å². The molecule has 0 aliphatic carbocycles. The number of hydrogen-bond acceptors (Lipinski definition) is 7. The molecule has 0 bridgehead atoms. The van der Waals surface area contributed by atoms with Gasteiger partial charge in [0.1, 0.15) is 0 Å². The summed E-state index contributed by atoms with van der Waals surface area (Å²) >= 11 is 3.14. The summed E-state index contributed by atoms with van der Waals surface area (Å²) in [7, 11) is 4.04. The molecule has 3 rings (SSSR count). The SMILES string of the molecule is CSc1nc2nc(C)c(CC(=O)NCC(c3ccsc3)N(C)C)c(C)n2n1. The Hall–Kier alpha value is -1.97. The summed E-state index contributed by atoms with van der Waals surface area (Å²) < 4.78 is 1.72. The van der Waals surface area contributed by atoms with Gasteiger partial charge in [0.05, 0.1) is 12.5 Å². The zero-order valence-corrected chi connectivity index (χ0v) is 17.8. The van der Waals surface area contributed by atoms with Gasteiger partial charge in [0.25, 0.3) is 5.78 Å². The van der Waals surface area contributed by atoms with Crippen molar-refractivity contribution in [1.82, 2.24) is 29.8 Å². The number of thiophene rings is 1. The summed E-state index contributed by atoms with van der Waals surface area (Å²) in [6.45, 7) is 4.43. The number of rotatable bonds is 7. The van der Waals surface area contributed by atoms with E-state index in [1.165, 1.54) is 17.3 Å². The number of nitrogens with one attached hydrogen (secondary N) is 1. The molecular weight excluding hydrogens is 380 g/mol. The smallest absolute Gasteiger partial charge is 0.253 e. The molecule has 1 unspecified atom stereocenters. The van der Waals surface area contributed by atoms with Crippen molar-refractivity contribution in [3.05, 3.63) is 39.3 Å². The third-order valence-corrected chi connectivity index (χ3v) is 5.83. The molecular formula is C18H24N6OS2. The minimum Gasteiger partial charge on any atom is -0.354 e. The van der Waals surface area contributed by atoms with Gasteiger partial charge >= 0.3 is 0 Å². The van der Waals surface area contributed by atoms with E-state index in [9.17, 15) is 4.79 Å². The van der Waals surface area contributed by atoms with Gasteiger partial charge < -0.3 is 10.2 Å². The van der Waals surface area contributed by atoms with Crippen molar-refractivity contribution >= 4 is 34.8 Å². The van der Waals surface area contributed by atoms with Crippen LogP contribution in [0, 0.1) is 13.8 Å². The van der Waals surface area contributed by atoms with E-state index in [1.807, 2.05) is 34.2 Å². The van der Waals surface area contributed by atoms with Gasteiger partial charge in [0.15, 0.2) is 0 Å². The Morgan fingerprint density at radius 3 is 2.78 bits per heavy atom. The maximum Gasteiger partial charge on any atom is 0.253 e. The zero-order chi connectivity index (χ0) is 19.6. The maximum absolute atomic E-state index is 12.6. The highest BCUT2D eigenvalue weighted by molar-refractivity contribution is 7.98. The summed E-state index contributed by atoms with van der Waals surface area (Å²) in [5, 5.41) is 12.4. The normalized spacial score (nSPS) is 12.7. The average Bonchev–Trinajstić information content (AvgIpc) is 3.28. The average molecular weight is 405 g/mol. The fourth-order valence-electron chi connectivity index (χ4n) is 3.03. The van der Waals surface area contributed by atoms with E-state index >= 15 is 0 Å². The van der Waals surface area contributed by atoms with E-state index in [2.05, 4.69) is 42.1 Å². The molecule has 3 aromatic heterocycles. The summed E-state index contributed by atoms with van der Waals surface area (Å²) in [6, 6.07) is 2.25. The van der Waals surface area contributed by atoms with Crippen molar-refractivity contribution in [2.24, 2.45) is 0 Å². The molecule has 144 valence electrons. The van der Waals surface area contributed by atoms with Crippen LogP contribution in [0.15, 0.2) is 22.0 Å². The quantitative estimate of drug-likeness (QED) is 0.610. The van der Waals surface area contributed by atoms with Gasteiger partial charge in [-0.15, -0.1) is 5.10 Å². The van der Waals surface area contributed by atoms with Crippen molar-refractivity contribution in [3.8, 4) is 0 Å². The number of aromatic nitrogens is 4. The first-order valence-corrected chi connectivity index (χ1v) is 10.8. The van der Waals surface area contributed by atoms with Crippen LogP contribution in [0.4, 0.5) is 0 Å². The molecule has 0 aromatic carbocycles. The Balaban J connectivity index is 1.74. The number of thioether (sulfide) groups is 1. The summed E-state index contributed by atoms with van der Waals surface area (Å²) in [5.74, 6) is 0.554. The highest BCUT2D eigenvalue weighted by atomic mass is 32.2. The lowest BCUT2D eigenvalue weighted by molar-refractivity contribution is -0.120. The first kappa shape index (κ1) is 19.8. The van der Waals surface area contributed by atoms with Crippen LogP contribution in [0.3, 0.4) is 0 Å². The monoisotopic (exact) mass is 404 g/mol. The van der Waals surface area contributed by atoms with Gasteiger partial charge in [0.2, 0.25) is 11.1 Å². The molecule has 1 atom stereocenters. The van der Waals surface area contributed by atoms with Crippen LogP contribution in [0.5, 0.6) is 0 Å². The number of carbonyl (C=O) groups excluding carboxylic acids is 1. The lowest BCUT2D eigenvalue weighted by atomic mass is 10.1. The van der Waals surface area contributed by atoms with E-state index < -0.39 is 0 Å². The second kappa shape index (κ2) is 8.37. The number of aryl methyl sites for hydroxylation is 2. The second-order valence-electron chi connectivity index (χ2n) is 6.59. The Morgan fingerprint density at radius 1 is 1.37 bits per heavy atom. The van der Waals surface area contributed by atoms with Crippen molar-refractivity contribution in [1.29, 1.82) is 0 Å². The van der Waals surface area contributed by atoms with Gasteiger partial charge in [-0.25, -0.2) is 9.50 Å². The fourth-order valence-corrected chi connectivity index (χ4v) is 4.07. The number of hydrogen-bond donors (Lipinski definition) is 1. The molecule has 0 spiro atoms. The van der Waals surface area contributed by atoms with E-state index in [-0.39, 0.29) is 18.4 Å². The van der Waals surface area contributed by atoms with Crippen LogP contribution in [0.25, 0.3) is 5.78 Å². The summed E-state index contributed by atoms with van der Waals surface area (Å²) in [5.41, 5.74) is 3.84. The largest absolute Gasteiger partial charge is 0.354 e. The molecule has 0 aliphatic rings. The predicted octanol–water partition coefficient (Wildman–Crippen LogP) is 2.49. The second-order valence-corrected chi connectivity index (χ2v) is 8.14. The number of amides is 1. The van der Waals surface area contributed by atoms with Crippen molar-refractivity contribution in [2.75, 3.05) is 26.9 Å². The minimum atomic E-state index is -0.0189. The molecule has 1 amide bonds. The van der Waals surface area contributed by atoms with Gasteiger partial charge in [-0.05, 0) is 56.6 Å². The minimum absolute atomic E-state index is 0.0189. The van der Waals surface area contributed by atoms with Gasteiger partial charge in [0, 0.05) is 23.5 Å². The molecule has 0 fully saturated rings. The lowest BCUT2D eigenvalue weighted by Gasteiger charge is -2.24. The van der Waals surface area contributed by atoms with Crippen molar-refractivity contribution in [2.45, 2.75) is 31.5 Å². The molecule has 3 aromatic rings. The van der Waals surface area contributed by atoms with Crippen LogP contribution in [-0.2, 0) is 11.2 Å². The van der Waals surface area contributed by atoms with Crippen LogP contribution in [0.2, 0.25) is 0 Å². The molecule has 7 nitrogen and oxygen atoms in total. The Labute approximate surface area is 167 Å². The predicted molar refractivity (Wildman–Crippen MR) is 109 cm³/mol. The standard InChI is InChI=1S/C18H24N6OS2/c1-11-14(12(2)24-17(20-11)21-18(22-24)26-5)8-16(25)19-9-15(23(3)4)13-6-7-27-10-13/h6-7,10,15H,8-9H2,1-5H3,(H,19,25). The van der Waals surface area contributed by atoms with E-state index in [4.69, 9.17) is 0 Å². The van der Waals surface area contributed by atoms with E-state index in [1.54, 1.807) is 15.9 Å². The molecule has 0 saturated carbocycles. The fraction of sp³-hybridized carbons (Fsp3) is 0.444. The Morgan fingerprint density at radius 2 is 2.15 bits per heavy atom. The van der Waals surface area contributed by atoms with Crippen molar-refractivity contribution in [3.63, 3.8) is 0 Å². The van der Waals surface area contributed by atoms with E-state index in [0.717, 1.165) is 17.0 Å². The Kier molecular flexibility index (Phi) is 6.13. The van der Waals surface area contributed by atoms with Crippen LogP contribution < -0.4 is 5.32 Å². The molecule has 0 saturated heterocycles. The molecule has 9 heteroatoms. The molecule has 0 aliphatic heterocycles. The lowest BCUT2D eigenvalue weighted by Crippen LogP contribution is -2.35. The van der Waals surface area contributed by atoms with Gasteiger partial charge in [-0.3, -0.25) is 4.79 Å². The number of nitrogens with zero attached hydrogens (tertiary/aromatic N) is 5. The number of carbonyl (C=O) groups is 1. The summed E-state index contributed by atoms with van der Waals surface area (Å²) in [4.78, 5) is 23.6. The van der Waals surface area contributed by atoms with Crippen LogP contribution >= 0.6 is 23.1 Å². The first-order chi connectivity index (χ1) is 12.9.